The molecule has 1 heterocycles. The van der Waals surface area contributed by atoms with Gasteiger partial charge in [0.1, 0.15) is 0 Å². The van der Waals surface area contributed by atoms with Crippen molar-refractivity contribution in [1.29, 1.82) is 0 Å². The van der Waals surface area contributed by atoms with E-state index >= 15 is 0 Å². The zero-order chi connectivity index (χ0) is 22.1. The Bertz CT molecular complexity index is 1030. The molecule has 0 spiro atoms. The fraction of sp³-hybridized carbons (Fsp3) is 0.381. The van der Waals surface area contributed by atoms with Crippen LogP contribution < -0.4 is 0 Å². The number of carbonyl (C=O) groups is 1. The molecule has 2 aromatic carbocycles. The third-order valence-corrected chi connectivity index (χ3v) is 7.36. The molecule has 1 aliphatic rings. The highest BCUT2D eigenvalue weighted by Crippen LogP contribution is 2.34. The highest BCUT2D eigenvalue weighted by molar-refractivity contribution is 7.89. The number of carboxylic acids is 1. The van der Waals surface area contributed by atoms with Crippen LogP contribution in [0, 0.1) is 6.92 Å². The van der Waals surface area contributed by atoms with E-state index in [2.05, 4.69) is 0 Å². The van der Waals surface area contributed by atoms with Crippen molar-refractivity contribution >= 4 is 16.0 Å². The number of hydrogen-bond donors (Lipinski definition) is 1. The summed E-state index contributed by atoms with van der Waals surface area (Å²) in [6.07, 6.45) is -3.65. The average Bonchev–Trinajstić information content (AvgIpc) is 2.69. The largest absolute Gasteiger partial charge is 0.481 e. The molecule has 0 atom stereocenters. The first kappa shape index (κ1) is 22.3. The van der Waals surface area contributed by atoms with Crippen molar-refractivity contribution in [2.45, 2.75) is 43.2 Å². The molecule has 30 heavy (non-hydrogen) atoms. The van der Waals surface area contributed by atoms with Crippen LogP contribution in [0.5, 0.6) is 0 Å². The van der Waals surface area contributed by atoms with Gasteiger partial charge in [-0.15, -0.1) is 0 Å². The van der Waals surface area contributed by atoms with E-state index in [1.54, 1.807) is 13.0 Å². The highest BCUT2D eigenvalue weighted by Gasteiger charge is 2.32. The van der Waals surface area contributed by atoms with Crippen molar-refractivity contribution in [3.63, 3.8) is 0 Å². The van der Waals surface area contributed by atoms with E-state index in [-0.39, 0.29) is 30.3 Å². The van der Waals surface area contributed by atoms with E-state index in [1.165, 1.54) is 28.6 Å². The predicted molar refractivity (Wildman–Crippen MR) is 105 cm³/mol. The molecule has 0 saturated carbocycles. The number of sulfonamides is 1. The lowest BCUT2D eigenvalue weighted by atomic mass is 9.90. The first-order valence-corrected chi connectivity index (χ1v) is 10.9. The summed E-state index contributed by atoms with van der Waals surface area (Å²) in [6, 6.07) is 9.48. The second-order valence-electron chi connectivity index (χ2n) is 7.46. The molecule has 3 rings (SSSR count). The summed E-state index contributed by atoms with van der Waals surface area (Å²) in [4.78, 5) is 11.1. The number of aryl methyl sites for hydroxylation is 1. The van der Waals surface area contributed by atoms with Crippen molar-refractivity contribution in [1.82, 2.24) is 4.31 Å². The summed E-state index contributed by atoms with van der Waals surface area (Å²) in [7, 11) is -3.78. The Labute approximate surface area is 173 Å². The maximum atomic E-state index is 13.0. The Morgan fingerprint density at radius 3 is 2.23 bits per heavy atom. The van der Waals surface area contributed by atoms with Gasteiger partial charge in [-0.3, -0.25) is 4.79 Å². The molecular formula is C21H22F3NO4S. The summed E-state index contributed by atoms with van der Waals surface area (Å²) in [5.41, 5.74) is 1.21. The van der Waals surface area contributed by atoms with Crippen LogP contribution in [0.2, 0.25) is 0 Å². The lowest BCUT2D eigenvalue weighted by molar-refractivity contribution is -0.138. The molecule has 0 amide bonds. The van der Waals surface area contributed by atoms with Crippen LogP contribution in [0.15, 0.2) is 47.4 Å². The van der Waals surface area contributed by atoms with Crippen LogP contribution in [0.1, 0.15) is 41.0 Å². The van der Waals surface area contributed by atoms with Gasteiger partial charge in [-0.1, -0.05) is 18.2 Å². The van der Waals surface area contributed by atoms with E-state index in [1.807, 2.05) is 0 Å². The average molecular weight is 441 g/mol. The van der Waals surface area contributed by atoms with Gasteiger partial charge in [0.05, 0.1) is 16.9 Å². The number of hydrogen-bond acceptors (Lipinski definition) is 3. The lowest BCUT2D eigenvalue weighted by Crippen LogP contribution is -2.38. The first-order chi connectivity index (χ1) is 14.0. The molecule has 0 aliphatic carbocycles. The number of piperidine rings is 1. The normalized spacial score (nSPS) is 16.5. The van der Waals surface area contributed by atoms with Gasteiger partial charge in [0.15, 0.2) is 0 Å². The van der Waals surface area contributed by atoms with E-state index < -0.39 is 27.7 Å². The fourth-order valence-corrected chi connectivity index (χ4v) is 5.21. The Hall–Kier alpha value is -2.39. The third kappa shape index (κ3) is 4.84. The molecule has 0 radical (unpaired) electrons. The maximum absolute atomic E-state index is 13.0. The number of benzene rings is 2. The van der Waals surface area contributed by atoms with Crippen molar-refractivity contribution in [2.75, 3.05) is 13.1 Å². The van der Waals surface area contributed by atoms with E-state index in [4.69, 9.17) is 5.11 Å². The topological polar surface area (TPSA) is 74.7 Å². The molecule has 1 fully saturated rings. The number of halogens is 3. The molecule has 2 aromatic rings. The van der Waals surface area contributed by atoms with E-state index in [0.717, 1.165) is 17.7 Å². The summed E-state index contributed by atoms with van der Waals surface area (Å²) < 4.78 is 65.5. The van der Waals surface area contributed by atoms with Crippen LogP contribution in [0.25, 0.3) is 0 Å². The summed E-state index contributed by atoms with van der Waals surface area (Å²) in [5, 5.41) is 9.01. The Morgan fingerprint density at radius 1 is 1.10 bits per heavy atom. The molecule has 1 saturated heterocycles. The van der Waals surface area contributed by atoms with Gasteiger partial charge in [0.25, 0.3) is 0 Å². The van der Waals surface area contributed by atoms with E-state index in [0.29, 0.717) is 24.0 Å². The molecule has 5 nitrogen and oxygen atoms in total. The second-order valence-corrected chi connectivity index (χ2v) is 9.39. The molecule has 0 aromatic heterocycles. The van der Waals surface area contributed by atoms with Crippen molar-refractivity contribution in [3.8, 4) is 0 Å². The zero-order valence-electron chi connectivity index (χ0n) is 16.3. The predicted octanol–water partition coefficient (Wildman–Crippen LogP) is 4.21. The van der Waals surface area contributed by atoms with Crippen LogP contribution in [-0.2, 0) is 27.4 Å². The van der Waals surface area contributed by atoms with Crippen molar-refractivity contribution < 1.29 is 31.5 Å². The molecule has 0 unspecified atom stereocenters. The molecule has 162 valence electrons. The Morgan fingerprint density at radius 2 is 1.70 bits per heavy atom. The molecular weight excluding hydrogens is 419 g/mol. The van der Waals surface area contributed by atoms with Crippen LogP contribution in [0.4, 0.5) is 13.2 Å². The summed E-state index contributed by atoms with van der Waals surface area (Å²) in [5.74, 6) is -1.05. The zero-order valence-corrected chi connectivity index (χ0v) is 17.1. The minimum atomic E-state index is -4.39. The maximum Gasteiger partial charge on any atom is 0.416 e. The van der Waals surface area contributed by atoms with Gasteiger partial charge in [-0.2, -0.15) is 17.5 Å². The van der Waals surface area contributed by atoms with Crippen LogP contribution >= 0.6 is 0 Å². The van der Waals surface area contributed by atoms with Gasteiger partial charge in [-0.05, 0) is 66.6 Å². The van der Waals surface area contributed by atoms with Gasteiger partial charge in [0, 0.05) is 13.1 Å². The van der Waals surface area contributed by atoms with Gasteiger partial charge < -0.3 is 5.11 Å². The van der Waals surface area contributed by atoms with Crippen LogP contribution in [0.3, 0.4) is 0 Å². The smallest absolute Gasteiger partial charge is 0.416 e. The van der Waals surface area contributed by atoms with Crippen molar-refractivity contribution in [2.24, 2.45) is 0 Å². The minimum Gasteiger partial charge on any atom is -0.481 e. The first-order valence-electron chi connectivity index (χ1n) is 9.47. The monoisotopic (exact) mass is 441 g/mol. The van der Waals surface area contributed by atoms with E-state index in [9.17, 15) is 26.4 Å². The SMILES string of the molecule is Cc1ccc(S(=O)(=O)N2CCC(c3ccc(C(F)(F)F)cc3)CC2)cc1CC(=O)O. The number of rotatable bonds is 5. The third-order valence-electron chi connectivity index (χ3n) is 5.46. The fourth-order valence-electron chi connectivity index (χ4n) is 3.68. The second kappa shape index (κ2) is 8.39. The Balaban J connectivity index is 1.72. The van der Waals surface area contributed by atoms with Crippen LogP contribution in [-0.4, -0.2) is 36.9 Å². The quantitative estimate of drug-likeness (QED) is 0.754. The number of alkyl halides is 3. The molecule has 1 aliphatic heterocycles. The number of carboxylic acid groups (broad SMARTS) is 1. The van der Waals surface area contributed by atoms with Crippen molar-refractivity contribution in [3.05, 3.63) is 64.7 Å². The Kier molecular flexibility index (Phi) is 6.24. The highest BCUT2D eigenvalue weighted by atomic mass is 32.2. The van der Waals surface area contributed by atoms with Gasteiger partial charge in [0.2, 0.25) is 10.0 Å². The minimum absolute atomic E-state index is 0.0145. The number of aliphatic carboxylic acids is 1. The standard InChI is InChI=1S/C21H22F3NO4S/c1-14-2-7-19(12-17(14)13-20(26)27)30(28,29)25-10-8-16(9-11-25)15-3-5-18(6-4-15)21(22,23)24/h2-7,12,16H,8-11,13H2,1H3,(H,26,27). The lowest BCUT2D eigenvalue weighted by Gasteiger charge is -2.31. The van der Waals surface area contributed by atoms with Gasteiger partial charge >= 0.3 is 12.1 Å². The molecule has 0 bridgehead atoms. The van der Waals surface area contributed by atoms with Gasteiger partial charge in [-0.25, -0.2) is 8.42 Å². The number of nitrogens with zero attached hydrogens (tertiary/aromatic N) is 1. The molecule has 9 heteroatoms. The molecule has 1 N–H and O–H groups in total. The summed E-state index contributed by atoms with van der Waals surface area (Å²) >= 11 is 0. The summed E-state index contributed by atoms with van der Waals surface area (Å²) in [6.45, 7) is 2.22.